The van der Waals surface area contributed by atoms with Crippen molar-refractivity contribution >= 4 is 89.8 Å². The molecule has 4 heterocycles. The molecule has 0 radical (unpaired) electrons. The van der Waals surface area contributed by atoms with E-state index in [1.807, 2.05) is 0 Å². The minimum Gasteiger partial charge on any atom is -0.310 e. The predicted octanol–water partition coefficient (Wildman–Crippen LogP) is 12.2. The lowest BCUT2D eigenvalue weighted by molar-refractivity contribution is 1.16. The van der Waals surface area contributed by atoms with Gasteiger partial charge in [0.1, 0.15) is 0 Å². The molecule has 322 valence electrons. The van der Waals surface area contributed by atoms with Gasteiger partial charge in [0.05, 0.1) is 11.0 Å². The number of hydrogen-bond acceptors (Lipinski definition) is 0. The molecule has 4 heteroatoms. The van der Waals surface area contributed by atoms with Gasteiger partial charge in [0.25, 0.3) is 0 Å². The summed E-state index contributed by atoms with van der Waals surface area (Å²) in [5, 5.41) is 5.08. The van der Waals surface area contributed by atoms with Gasteiger partial charge in [-0.2, -0.15) is 0 Å². The van der Waals surface area contributed by atoms with E-state index in [-0.39, 0.29) is 13.4 Å². The van der Waals surface area contributed by atoms with Crippen LogP contribution in [0.25, 0.3) is 99.5 Å². The molecule has 0 N–H and O–H groups in total. The lowest BCUT2D eigenvalue weighted by atomic mass is 9.33. The summed E-state index contributed by atoms with van der Waals surface area (Å²) in [6.45, 7) is -0.0609. The molecule has 2 aromatic heterocycles. The second kappa shape index (κ2) is 15.3. The quantitative estimate of drug-likeness (QED) is 0.147. The molecule has 0 saturated heterocycles. The van der Waals surface area contributed by atoms with E-state index in [0.717, 1.165) is 0 Å². The molecular formula is C66H42B2N2. The van der Waals surface area contributed by atoms with Crippen molar-refractivity contribution in [2.45, 2.75) is 0 Å². The van der Waals surface area contributed by atoms with Crippen LogP contribution >= 0.6 is 0 Å². The molecule has 0 bridgehead atoms. The van der Waals surface area contributed by atoms with Crippen molar-refractivity contribution < 1.29 is 0 Å². The molecule has 0 unspecified atom stereocenters. The van der Waals surface area contributed by atoms with E-state index >= 15 is 0 Å². The van der Waals surface area contributed by atoms with Crippen molar-refractivity contribution in [3.63, 3.8) is 0 Å². The fourth-order valence-electron chi connectivity index (χ4n) is 12.3. The van der Waals surface area contributed by atoms with E-state index in [1.54, 1.807) is 0 Å². The Morgan fingerprint density at radius 1 is 0.229 bits per heavy atom. The van der Waals surface area contributed by atoms with E-state index in [1.165, 1.54) is 132 Å². The summed E-state index contributed by atoms with van der Waals surface area (Å²) >= 11 is 0. The van der Waals surface area contributed by atoms with Gasteiger partial charge in [-0.15, -0.1) is 0 Å². The van der Waals surface area contributed by atoms with Crippen LogP contribution < -0.4 is 32.8 Å². The molecule has 0 aliphatic carbocycles. The van der Waals surface area contributed by atoms with Gasteiger partial charge in [0.2, 0.25) is 13.4 Å². The van der Waals surface area contributed by atoms with Crippen LogP contribution in [-0.2, 0) is 0 Å². The lowest BCUT2D eigenvalue weighted by Crippen LogP contribution is -2.59. The lowest BCUT2D eigenvalue weighted by Gasteiger charge is -2.33. The second-order valence-corrected chi connectivity index (χ2v) is 19.2. The van der Waals surface area contributed by atoms with E-state index in [2.05, 4.69) is 264 Å². The molecule has 0 fully saturated rings. The zero-order valence-corrected chi connectivity index (χ0v) is 38.3. The van der Waals surface area contributed by atoms with Gasteiger partial charge in [0, 0.05) is 44.0 Å². The number of rotatable bonds is 6. The Hall–Kier alpha value is -8.85. The number of aromatic nitrogens is 2. The summed E-state index contributed by atoms with van der Waals surface area (Å²) in [6.07, 6.45) is 0. The maximum Gasteiger partial charge on any atom is 0.246 e. The van der Waals surface area contributed by atoms with Gasteiger partial charge in [-0.3, -0.25) is 0 Å². The van der Waals surface area contributed by atoms with Crippen molar-refractivity contribution in [2.24, 2.45) is 0 Å². The topological polar surface area (TPSA) is 9.86 Å². The van der Waals surface area contributed by atoms with Gasteiger partial charge < -0.3 is 9.13 Å². The largest absolute Gasteiger partial charge is 0.310 e. The van der Waals surface area contributed by atoms with Crippen molar-refractivity contribution in [1.29, 1.82) is 0 Å². The Kier molecular flexibility index (Phi) is 8.58. The summed E-state index contributed by atoms with van der Waals surface area (Å²) in [5.41, 5.74) is 25.1. The molecular weight excluding hydrogens is 842 g/mol. The number of nitrogens with zero attached hydrogens (tertiary/aromatic N) is 2. The molecule has 0 amide bonds. The van der Waals surface area contributed by atoms with E-state index in [9.17, 15) is 0 Å². The fourth-order valence-corrected chi connectivity index (χ4v) is 12.3. The SMILES string of the molecule is c1ccc(B2c3cc4c(cc3-n3c5ccc(-c6ccccc6)cc5c5cc(-c6ccccc6)cc2c53)B(c2ccccc2)c2cc(-c3ccccc3)cc3c5cc(-c6ccccc6)ccc5n-4c23)cc1. The molecule has 2 aliphatic heterocycles. The fraction of sp³-hybridized carbons (Fsp3) is 0. The first-order chi connectivity index (χ1) is 34.7. The zero-order valence-electron chi connectivity index (χ0n) is 38.3. The van der Waals surface area contributed by atoms with Gasteiger partial charge >= 0.3 is 0 Å². The summed E-state index contributed by atoms with van der Waals surface area (Å²) in [6, 6.07) is 95.3. The Balaban J connectivity index is 1.09. The number of hydrogen-bond donors (Lipinski definition) is 0. The third-order valence-electron chi connectivity index (χ3n) is 15.4. The Morgan fingerprint density at radius 3 is 0.900 bits per heavy atom. The molecule has 0 atom stereocenters. The zero-order chi connectivity index (χ0) is 45.9. The van der Waals surface area contributed by atoms with Gasteiger partial charge in [0.15, 0.2) is 0 Å². The summed E-state index contributed by atoms with van der Waals surface area (Å²) in [7, 11) is 0. The predicted molar refractivity (Wildman–Crippen MR) is 299 cm³/mol. The highest BCUT2D eigenvalue weighted by Crippen LogP contribution is 2.41. The van der Waals surface area contributed by atoms with Crippen molar-refractivity contribution in [3.05, 3.63) is 255 Å². The first-order valence-electron chi connectivity index (χ1n) is 24.5. The first kappa shape index (κ1) is 39.2. The Labute approximate surface area is 407 Å². The molecule has 2 nitrogen and oxygen atoms in total. The molecule has 2 aliphatic rings. The average Bonchev–Trinajstić information content (AvgIpc) is 3.95. The van der Waals surface area contributed by atoms with Crippen LogP contribution in [0, 0.1) is 0 Å². The molecule has 11 aromatic carbocycles. The van der Waals surface area contributed by atoms with Crippen LogP contribution in [0.15, 0.2) is 255 Å². The summed E-state index contributed by atoms with van der Waals surface area (Å²) in [4.78, 5) is 0. The maximum atomic E-state index is 2.62. The minimum absolute atomic E-state index is 0.0305. The normalized spacial score (nSPS) is 12.5. The monoisotopic (exact) mass is 884 g/mol. The molecule has 13 aromatic rings. The Morgan fingerprint density at radius 2 is 0.543 bits per heavy atom. The van der Waals surface area contributed by atoms with Crippen LogP contribution in [0.3, 0.4) is 0 Å². The van der Waals surface area contributed by atoms with Gasteiger partial charge in [-0.1, -0.05) is 217 Å². The van der Waals surface area contributed by atoms with Crippen LogP contribution in [-0.4, -0.2) is 22.6 Å². The third kappa shape index (κ3) is 5.83. The standard InChI is InChI=1S/C66H42B2N2/c1-7-19-43(20-8-1)47-31-33-61-53(35-47)55-37-49(45-23-11-3-12-24-45)39-59-65(55)69(61)63-41-58-64(42-57(63)67(59)51-27-15-5-16-28-51)70-62-34-32-48(44-21-9-2-10-22-44)36-54(62)56-38-50(46-25-13-4-14-26-46)40-60(66(56)70)68(58)52-29-17-6-18-30-52/h1-42H. The van der Waals surface area contributed by atoms with E-state index in [0.29, 0.717) is 0 Å². The van der Waals surface area contributed by atoms with E-state index in [4.69, 9.17) is 0 Å². The third-order valence-corrected chi connectivity index (χ3v) is 15.4. The van der Waals surface area contributed by atoms with Crippen LogP contribution in [0.2, 0.25) is 0 Å². The molecule has 15 rings (SSSR count). The second-order valence-electron chi connectivity index (χ2n) is 19.2. The van der Waals surface area contributed by atoms with Crippen molar-refractivity contribution in [3.8, 4) is 55.9 Å². The highest BCUT2D eigenvalue weighted by molar-refractivity contribution is 7.00. The van der Waals surface area contributed by atoms with Crippen molar-refractivity contribution in [2.75, 3.05) is 0 Å². The van der Waals surface area contributed by atoms with Gasteiger partial charge in [-0.05, 0) is 115 Å². The average molecular weight is 885 g/mol. The summed E-state index contributed by atoms with van der Waals surface area (Å²) in [5.74, 6) is 0. The van der Waals surface area contributed by atoms with Crippen LogP contribution in [0.1, 0.15) is 0 Å². The number of benzene rings is 11. The highest BCUT2D eigenvalue weighted by Gasteiger charge is 2.40. The van der Waals surface area contributed by atoms with Crippen LogP contribution in [0.5, 0.6) is 0 Å². The van der Waals surface area contributed by atoms with Crippen molar-refractivity contribution in [1.82, 2.24) is 9.13 Å². The molecule has 70 heavy (non-hydrogen) atoms. The van der Waals surface area contributed by atoms with Gasteiger partial charge in [-0.25, -0.2) is 0 Å². The number of fused-ring (bicyclic) bond motifs is 10. The highest BCUT2D eigenvalue weighted by atomic mass is 15.0. The van der Waals surface area contributed by atoms with E-state index < -0.39 is 0 Å². The first-order valence-corrected chi connectivity index (χ1v) is 24.5. The molecule has 0 spiro atoms. The summed E-state index contributed by atoms with van der Waals surface area (Å²) < 4.78 is 5.23. The molecule has 0 saturated carbocycles. The smallest absolute Gasteiger partial charge is 0.246 e. The minimum atomic E-state index is -0.0305. The van der Waals surface area contributed by atoms with Crippen LogP contribution in [0.4, 0.5) is 0 Å². The maximum absolute atomic E-state index is 2.62. The Bertz CT molecular complexity index is 3930.